The molecule has 0 radical (unpaired) electrons. The highest BCUT2D eigenvalue weighted by Crippen LogP contribution is 2.04. The lowest BCUT2D eigenvalue weighted by Gasteiger charge is -2.15. The normalized spacial score (nSPS) is 12.3. The molecular weight excluding hydrogens is 198 g/mol. The van der Waals surface area contributed by atoms with Crippen molar-refractivity contribution in [1.29, 1.82) is 5.26 Å². The zero-order valence-electron chi connectivity index (χ0n) is 8.70. The van der Waals surface area contributed by atoms with Crippen LogP contribution in [0.3, 0.4) is 0 Å². The van der Waals surface area contributed by atoms with Gasteiger partial charge in [-0.2, -0.15) is 5.26 Å². The summed E-state index contributed by atoms with van der Waals surface area (Å²) in [5, 5.41) is 16.9. The van der Waals surface area contributed by atoms with E-state index in [0.29, 0.717) is 13.0 Å². The van der Waals surface area contributed by atoms with Gasteiger partial charge in [0.2, 0.25) is 0 Å². The number of hydrogen-bond donors (Lipinski definition) is 1. The number of rotatable bonds is 5. The Morgan fingerprint density at radius 2 is 2.14 bits per heavy atom. The molecule has 0 saturated heterocycles. The maximum atomic E-state index is 10.4. The van der Waals surface area contributed by atoms with Crippen molar-refractivity contribution in [3.05, 3.63) is 11.6 Å². The second kappa shape index (κ2) is 5.57. The summed E-state index contributed by atoms with van der Waals surface area (Å²) >= 11 is 0. The van der Waals surface area contributed by atoms with E-state index in [2.05, 4.69) is 19.6 Å². The van der Waals surface area contributed by atoms with E-state index < -0.39 is 14.3 Å². The van der Waals surface area contributed by atoms with Crippen molar-refractivity contribution in [3.8, 4) is 6.07 Å². The maximum Gasteiger partial charge on any atom is 0.346 e. The minimum Gasteiger partial charge on any atom is -0.477 e. The van der Waals surface area contributed by atoms with Gasteiger partial charge in [0, 0.05) is 6.61 Å². The van der Waals surface area contributed by atoms with Gasteiger partial charge in [0.15, 0.2) is 8.32 Å². The van der Waals surface area contributed by atoms with E-state index in [1.165, 1.54) is 6.08 Å². The molecule has 5 heteroatoms. The molecular formula is C9H15NO3Si. The summed E-state index contributed by atoms with van der Waals surface area (Å²) in [7, 11) is -1.53. The third kappa shape index (κ3) is 6.40. The van der Waals surface area contributed by atoms with Crippen molar-refractivity contribution >= 4 is 14.3 Å². The van der Waals surface area contributed by atoms with Crippen LogP contribution in [0.15, 0.2) is 11.6 Å². The van der Waals surface area contributed by atoms with Crippen molar-refractivity contribution in [3.63, 3.8) is 0 Å². The van der Waals surface area contributed by atoms with Crippen LogP contribution >= 0.6 is 0 Å². The van der Waals surface area contributed by atoms with E-state index in [9.17, 15) is 4.79 Å². The summed E-state index contributed by atoms with van der Waals surface area (Å²) in [6.45, 7) is 6.64. The molecule has 0 aliphatic rings. The number of carboxylic acid groups (broad SMARTS) is 1. The third-order valence-corrected chi connectivity index (χ3v) is 2.42. The van der Waals surface area contributed by atoms with Gasteiger partial charge in [-0.15, -0.1) is 0 Å². The summed E-state index contributed by atoms with van der Waals surface area (Å²) in [6.07, 6.45) is 1.86. The Kier molecular flexibility index (Phi) is 5.13. The van der Waals surface area contributed by atoms with Gasteiger partial charge < -0.3 is 9.53 Å². The summed E-state index contributed by atoms with van der Waals surface area (Å²) in [5.41, 5.74) is -0.218. The highest BCUT2D eigenvalue weighted by Gasteiger charge is 2.13. The fourth-order valence-corrected chi connectivity index (χ4v) is 1.48. The highest BCUT2D eigenvalue weighted by molar-refractivity contribution is 6.69. The summed E-state index contributed by atoms with van der Waals surface area (Å²) in [4.78, 5) is 10.4. The summed E-state index contributed by atoms with van der Waals surface area (Å²) < 4.78 is 5.50. The largest absolute Gasteiger partial charge is 0.477 e. The van der Waals surface area contributed by atoms with Crippen LogP contribution in [-0.4, -0.2) is 26.0 Å². The number of hydrogen-bond acceptors (Lipinski definition) is 3. The molecule has 0 fully saturated rings. The molecule has 0 bridgehead atoms. The molecule has 0 unspecified atom stereocenters. The molecule has 0 amide bonds. The monoisotopic (exact) mass is 213 g/mol. The maximum absolute atomic E-state index is 10.4. The van der Waals surface area contributed by atoms with E-state index in [1.807, 2.05) is 0 Å². The molecule has 14 heavy (non-hydrogen) atoms. The lowest BCUT2D eigenvalue weighted by atomic mass is 10.2. The Morgan fingerprint density at radius 1 is 1.57 bits per heavy atom. The van der Waals surface area contributed by atoms with E-state index in [1.54, 1.807) is 6.07 Å². The van der Waals surface area contributed by atoms with E-state index in [-0.39, 0.29) is 5.57 Å². The number of carboxylic acids is 1. The fourth-order valence-electron chi connectivity index (χ4n) is 0.749. The van der Waals surface area contributed by atoms with E-state index in [4.69, 9.17) is 14.8 Å². The smallest absolute Gasteiger partial charge is 0.346 e. The zero-order chi connectivity index (χ0) is 11.2. The van der Waals surface area contributed by atoms with E-state index in [0.717, 1.165) is 0 Å². The van der Waals surface area contributed by atoms with Crippen LogP contribution < -0.4 is 0 Å². The lowest BCUT2D eigenvalue weighted by molar-refractivity contribution is -0.132. The van der Waals surface area contributed by atoms with Crippen molar-refractivity contribution in [2.24, 2.45) is 0 Å². The highest BCUT2D eigenvalue weighted by atomic mass is 28.4. The van der Waals surface area contributed by atoms with Crippen molar-refractivity contribution < 1.29 is 14.3 Å². The second-order valence-corrected chi connectivity index (χ2v) is 8.30. The molecule has 0 heterocycles. The van der Waals surface area contributed by atoms with Gasteiger partial charge in [-0.05, 0) is 26.1 Å². The molecule has 0 aromatic carbocycles. The van der Waals surface area contributed by atoms with Gasteiger partial charge in [0.05, 0.1) is 0 Å². The molecule has 0 aromatic rings. The number of nitrogens with zero attached hydrogens (tertiary/aromatic N) is 1. The van der Waals surface area contributed by atoms with Crippen LogP contribution in [0.1, 0.15) is 6.42 Å². The van der Waals surface area contributed by atoms with Gasteiger partial charge in [0.1, 0.15) is 11.6 Å². The quantitative estimate of drug-likeness (QED) is 0.327. The van der Waals surface area contributed by atoms with Gasteiger partial charge >= 0.3 is 5.97 Å². The average molecular weight is 213 g/mol. The van der Waals surface area contributed by atoms with Gasteiger partial charge in [-0.25, -0.2) is 4.79 Å². The molecule has 0 spiro atoms. The number of aliphatic carboxylic acids is 1. The Balaban J connectivity index is 3.94. The second-order valence-electron chi connectivity index (χ2n) is 3.78. The molecule has 0 aliphatic carbocycles. The Hall–Kier alpha value is -1.12. The standard InChI is InChI=1S/C9H15NO3Si/c1-14(2,3)13-6-4-5-8(7-10)9(11)12/h5H,4,6H2,1-3H3,(H,11,12). The van der Waals surface area contributed by atoms with Crippen molar-refractivity contribution in [2.75, 3.05) is 6.61 Å². The molecule has 0 aromatic heterocycles. The van der Waals surface area contributed by atoms with Crippen molar-refractivity contribution in [1.82, 2.24) is 0 Å². The van der Waals surface area contributed by atoms with Crippen LogP contribution in [0.5, 0.6) is 0 Å². The topological polar surface area (TPSA) is 70.3 Å². The zero-order valence-corrected chi connectivity index (χ0v) is 9.70. The first-order valence-electron chi connectivity index (χ1n) is 4.34. The average Bonchev–Trinajstić information content (AvgIpc) is 2.01. The molecule has 0 saturated carbocycles. The van der Waals surface area contributed by atoms with E-state index >= 15 is 0 Å². The third-order valence-electron chi connectivity index (χ3n) is 1.35. The summed E-state index contributed by atoms with van der Waals surface area (Å²) in [6, 6.07) is 1.62. The van der Waals surface area contributed by atoms with Gasteiger partial charge in [-0.3, -0.25) is 0 Å². The fraction of sp³-hybridized carbons (Fsp3) is 0.556. The number of carbonyl (C=O) groups is 1. The molecule has 0 atom stereocenters. The lowest BCUT2D eigenvalue weighted by Crippen LogP contribution is -2.25. The molecule has 78 valence electrons. The van der Waals surface area contributed by atoms with Gasteiger partial charge in [0.25, 0.3) is 0 Å². The Morgan fingerprint density at radius 3 is 2.50 bits per heavy atom. The first kappa shape index (κ1) is 12.9. The molecule has 4 nitrogen and oxygen atoms in total. The number of nitriles is 1. The minimum atomic E-state index is -1.53. The van der Waals surface area contributed by atoms with Crippen LogP contribution in [0.2, 0.25) is 19.6 Å². The Labute approximate surface area is 84.9 Å². The first-order valence-corrected chi connectivity index (χ1v) is 7.75. The molecule has 0 aliphatic heterocycles. The first-order chi connectivity index (χ1) is 6.37. The van der Waals surface area contributed by atoms with Crippen LogP contribution in [0, 0.1) is 11.3 Å². The predicted molar refractivity (Wildman–Crippen MR) is 55.2 cm³/mol. The summed E-state index contributed by atoms with van der Waals surface area (Å²) in [5.74, 6) is -1.18. The Bertz CT molecular complexity index is 273. The predicted octanol–water partition coefficient (Wildman–Crippen LogP) is 1.76. The van der Waals surface area contributed by atoms with Crippen molar-refractivity contribution in [2.45, 2.75) is 26.1 Å². The van der Waals surface area contributed by atoms with Crippen LogP contribution in [-0.2, 0) is 9.22 Å². The SMILES string of the molecule is C[Si](C)(C)OCCC=C(C#N)C(=O)O. The molecule has 1 N–H and O–H groups in total. The van der Waals surface area contributed by atoms with Crippen LogP contribution in [0.4, 0.5) is 0 Å². The van der Waals surface area contributed by atoms with Crippen LogP contribution in [0.25, 0.3) is 0 Å². The minimum absolute atomic E-state index is 0.218. The van der Waals surface area contributed by atoms with Gasteiger partial charge in [-0.1, -0.05) is 6.08 Å². The molecule has 0 rings (SSSR count).